The molecule has 1 rings (SSSR count). The first-order valence-electron chi connectivity index (χ1n) is 3.55. The minimum absolute atomic E-state index is 0.287. The van der Waals surface area contributed by atoms with Crippen LogP contribution in [0.2, 0.25) is 0 Å². The Balaban J connectivity index is 2.73. The van der Waals surface area contributed by atoms with Gasteiger partial charge in [0.05, 0.1) is 5.25 Å². The predicted octanol–water partition coefficient (Wildman–Crippen LogP) is -1.29. The van der Waals surface area contributed by atoms with Crippen molar-refractivity contribution in [2.75, 3.05) is 19.3 Å². The van der Waals surface area contributed by atoms with Gasteiger partial charge < -0.3 is 11.5 Å². The van der Waals surface area contributed by atoms with Crippen LogP contribution in [0.15, 0.2) is 0 Å². The topological polar surface area (TPSA) is 86.2 Å². The summed E-state index contributed by atoms with van der Waals surface area (Å²) in [4.78, 5) is 0. The SMILES string of the molecule is CS(=O)(=O)[C@@H]1CC1(CN)CN. The fraction of sp³-hybridized carbons (Fsp3) is 1.00. The van der Waals surface area contributed by atoms with Crippen LogP contribution in [0.3, 0.4) is 0 Å². The number of rotatable bonds is 3. The van der Waals surface area contributed by atoms with Crippen LogP contribution in [0.5, 0.6) is 0 Å². The molecule has 66 valence electrons. The van der Waals surface area contributed by atoms with Crippen LogP contribution in [-0.2, 0) is 9.84 Å². The predicted molar refractivity (Wildman–Crippen MR) is 43.8 cm³/mol. The van der Waals surface area contributed by atoms with Gasteiger partial charge in [-0.25, -0.2) is 8.42 Å². The van der Waals surface area contributed by atoms with Crippen molar-refractivity contribution in [3.63, 3.8) is 0 Å². The van der Waals surface area contributed by atoms with Gasteiger partial charge in [0.1, 0.15) is 0 Å². The lowest BCUT2D eigenvalue weighted by molar-refractivity contribution is 0.527. The van der Waals surface area contributed by atoms with Gasteiger partial charge in [0.2, 0.25) is 0 Å². The van der Waals surface area contributed by atoms with E-state index >= 15 is 0 Å². The summed E-state index contributed by atoms with van der Waals surface area (Å²) in [6, 6.07) is 0. The lowest BCUT2D eigenvalue weighted by atomic mass is 10.1. The van der Waals surface area contributed by atoms with Gasteiger partial charge >= 0.3 is 0 Å². The maximum Gasteiger partial charge on any atom is 0.150 e. The van der Waals surface area contributed by atoms with Crippen molar-refractivity contribution in [1.82, 2.24) is 0 Å². The lowest BCUT2D eigenvalue weighted by Crippen LogP contribution is -2.30. The Hall–Kier alpha value is -0.130. The molecule has 1 atom stereocenters. The smallest absolute Gasteiger partial charge is 0.150 e. The molecule has 1 saturated carbocycles. The maximum atomic E-state index is 11.0. The third-order valence-electron chi connectivity index (χ3n) is 2.44. The zero-order chi connectivity index (χ0) is 8.70. The summed E-state index contributed by atoms with van der Waals surface area (Å²) in [5, 5.41) is -0.287. The minimum atomic E-state index is -2.92. The van der Waals surface area contributed by atoms with Crippen LogP contribution >= 0.6 is 0 Å². The van der Waals surface area contributed by atoms with E-state index in [1.807, 2.05) is 0 Å². The highest BCUT2D eigenvalue weighted by Gasteiger charge is 2.57. The molecular formula is C6H14N2O2S. The molecule has 11 heavy (non-hydrogen) atoms. The summed E-state index contributed by atoms with van der Waals surface area (Å²) < 4.78 is 22.0. The monoisotopic (exact) mass is 178 g/mol. The van der Waals surface area contributed by atoms with E-state index < -0.39 is 9.84 Å². The molecule has 0 aromatic rings. The fourth-order valence-corrected chi connectivity index (χ4v) is 3.16. The second kappa shape index (κ2) is 2.43. The minimum Gasteiger partial charge on any atom is -0.330 e. The first-order valence-corrected chi connectivity index (χ1v) is 5.51. The van der Waals surface area contributed by atoms with Crippen molar-refractivity contribution in [2.24, 2.45) is 16.9 Å². The van der Waals surface area contributed by atoms with Gasteiger partial charge in [0, 0.05) is 24.8 Å². The van der Waals surface area contributed by atoms with E-state index in [-0.39, 0.29) is 10.7 Å². The van der Waals surface area contributed by atoms with E-state index in [0.29, 0.717) is 19.5 Å². The van der Waals surface area contributed by atoms with Gasteiger partial charge in [-0.2, -0.15) is 0 Å². The van der Waals surface area contributed by atoms with Gasteiger partial charge in [-0.1, -0.05) is 0 Å². The van der Waals surface area contributed by atoms with Crippen LogP contribution in [-0.4, -0.2) is 33.0 Å². The largest absolute Gasteiger partial charge is 0.330 e. The molecule has 0 bridgehead atoms. The van der Waals surface area contributed by atoms with Gasteiger partial charge in [0.25, 0.3) is 0 Å². The van der Waals surface area contributed by atoms with Gasteiger partial charge in [0.15, 0.2) is 9.84 Å². The van der Waals surface area contributed by atoms with E-state index in [1.54, 1.807) is 0 Å². The normalized spacial score (nSPS) is 28.5. The Morgan fingerprint density at radius 3 is 2.00 bits per heavy atom. The quantitative estimate of drug-likeness (QED) is 0.563. The first-order chi connectivity index (χ1) is 4.96. The molecule has 1 aliphatic rings. The standard InChI is InChI=1S/C6H14N2O2S/c1-11(9,10)5-2-6(5,3-7)4-8/h5H,2-4,7-8H2,1H3/t5-/m1/s1. The number of sulfone groups is 1. The van der Waals surface area contributed by atoms with Gasteiger partial charge in [-0.05, 0) is 6.42 Å². The highest BCUT2D eigenvalue weighted by atomic mass is 32.2. The molecule has 0 amide bonds. The van der Waals surface area contributed by atoms with E-state index in [0.717, 1.165) is 0 Å². The van der Waals surface area contributed by atoms with Crippen molar-refractivity contribution in [2.45, 2.75) is 11.7 Å². The Labute approximate surface area is 66.9 Å². The molecule has 1 aliphatic carbocycles. The zero-order valence-corrected chi connectivity index (χ0v) is 7.39. The summed E-state index contributed by atoms with van der Waals surface area (Å²) in [6.45, 7) is 0.752. The van der Waals surface area contributed by atoms with Crippen LogP contribution in [0.25, 0.3) is 0 Å². The molecule has 0 radical (unpaired) electrons. The second-order valence-corrected chi connectivity index (χ2v) is 5.52. The Morgan fingerprint density at radius 2 is 1.91 bits per heavy atom. The number of hydrogen-bond donors (Lipinski definition) is 2. The van der Waals surface area contributed by atoms with Crippen molar-refractivity contribution < 1.29 is 8.42 Å². The van der Waals surface area contributed by atoms with Crippen molar-refractivity contribution in [3.05, 3.63) is 0 Å². The van der Waals surface area contributed by atoms with Crippen LogP contribution in [0.4, 0.5) is 0 Å². The third kappa shape index (κ3) is 1.40. The molecule has 4 nitrogen and oxygen atoms in total. The highest BCUT2D eigenvalue weighted by molar-refractivity contribution is 7.91. The molecule has 0 saturated heterocycles. The molecule has 0 aliphatic heterocycles. The van der Waals surface area contributed by atoms with E-state index in [2.05, 4.69) is 0 Å². The molecule has 0 aromatic heterocycles. The number of hydrogen-bond acceptors (Lipinski definition) is 4. The lowest BCUT2D eigenvalue weighted by Gasteiger charge is -2.09. The molecule has 5 heteroatoms. The summed E-state index contributed by atoms with van der Waals surface area (Å²) >= 11 is 0. The Bertz CT molecular complexity index is 243. The summed E-state index contributed by atoms with van der Waals surface area (Å²) in [7, 11) is -2.92. The Kier molecular flexibility index (Phi) is 1.98. The van der Waals surface area contributed by atoms with Crippen LogP contribution < -0.4 is 11.5 Å². The summed E-state index contributed by atoms with van der Waals surface area (Å²) in [5.74, 6) is 0. The zero-order valence-electron chi connectivity index (χ0n) is 6.58. The highest BCUT2D eigenvalue weighted by Crippen LogP contribution is 2.48. The molecule has 0 heterocycles. The second-order valence-electron chi connectivity index (χ2n) is 3.29. The summed E-state index contributed by atoms with van der Waals surface area (Å²) in [5.41, 5.74) is 10.5. The van der Waals surface area contributed by atoms with E-state index in [9.17, 15) is 8.42 Å². The first kappa shape index (κ1) is 8.96. The average Bonchev–Trinajstić information content (AvgIpc) is 2.61. The van der Waals surface area contributed by atoms with E-state index in [1.165, 1.54) is 6.26 Å². The summed E-state index contributed by atoms with van der Waals surface area (Å²) in [6.07, 6.45) is 1.88. The molecule has 0 aromatic carbocycles. The van der Waals surface area contributed by atoms with Gasteiger partial charge in [-0.3, -0.25) is 0 Å². The van der Waals surface area contributed by atoms with E-state index in [4.69, 9.17) is 11.5 Å². The van der Waals surface area contributed by atoms with Crippen molar-refractivity contribution >= 4 is 9.84 Å². The fourth-order valence-electron chi connectivity index (χ4n) is 1.43. The average molecular weight is 178 g/mol. The molecule has 0 unspecified atom stereocenters. The van der Waals surface area contributed by atoms with Gasteiger partial charge in [-0.15, -0.1) is 0 Å². The molecule has 4 N–H and O–H groups in total. The molecule has 1 fully saturated rings. The van der Waals surface area contributed by atoms with Crippen molar-refractivity contribution in [3.8, 4) is 0 Å². The van der Waals surface area contributed by atoms with Crippen LogP contribution in [0, 0.1) is 5.41 Å². The maximum absolute atomic E-state index is 11.0. The van der Waals surface area contributed by atoms with Crippen LogP contribution in [0.1, 0.15) is 6.42 Å². The molecular weight excluding hydrogens is 164 g/mol. The Morgan fingerprint density at radius 1 is 1.45 bits per heavy atom. The number of nitrogens with two attached hydrogens (primary N) is 2. The third-order valence-corrected chi connectivity index (χ3v) is 4.15. The molecule has 0 spiro atoms. The van der Waals surface area contributed by atoms with Crippen molar-refractivity contribution in [1.29, 1.82) is 0 Å².